The maximum atomic E-state index is 12.5. The number of carbonyl (C=O) groups is 1. The Kier molecular flexibility index (Phi) is 5.04. The molecule has 6 nitrogen and oxygen atoms in total. The van der Waals surface area contributed by atoms with Crippen LogP contribution in [0.1, 0.15) is 38.5 Å². The van der Waals surface area contributed by atoms with Crippen LogP contribution in [-0.2, 0) is 24.3 Å². The summed E-state index contributed by atoms with van der Waals surface area (Å²) in [5, 5.41) is -0.673. The molecule has 2 rings (SSSR count). The SMILES string of the molecule is COC(=O)C1CCCC1S(=O)(=O)NC1CCCC1OC. The Balaban J connectivity index is 2.07. The van der Waals surface area contributed by atoms with Crippen LogP contribution in [0.25, 0.3) is 0 Å². The first kappa shape index (κ1) is 15.7. The predicted molar refractivity (Wildman–Crippen MR) is 73.6 cm³/mol. The fourth-order valence-electron chi connectivity index (χ4n) is 3.36. The molecule has 0 aliphatic heterocycles. The van der Waals surface area contributed by atoms with Gasteiger partial charge in [0.15, 0.2) is 0 Å². The number of rotatable bonds is 5. The van der Waals surface area contributed by atoms with E-state index in [1.807, 2.05) is 0 Å². The molecule has 0 spiro atoms. The fourth-order valence-corrected chi connectivity index (χ4v) is 5.38. The lowest BCUT2D eigenvalue weighted by Gasteiger charge is -2.24. The quantitative estimate of drug-likeness (QED) is 0.760. The van der Waals surface area contributed by atoms with E-state index in [2.05, 4.69) is 4.72 Å². The van der Waals surface area contributed by atoms with Gasteiger partial charge < -0.3 is 9.47 Å². The first-order valence-electron chi connectivity index (χ1n) is 7.11. The minimum Gasteiger partial charge on any atom is -0.469 e. The van der Waals surface area contributed by atoms with Gasteiger partial charge in [-0.25, -0.2) is 13.1 Å². The van der Waals surface area contributed by atoms with E-state index in [9.17, 15) is 13.2 Å². The zero-order chi connectivity index (χ0) is 14.8. The molecule has 0 saturated heterocycles. The number of hydrogen-bond acceptors (Lipinski definition) is 5. The molecule has 2 fully saturated rings. The van der Waals surface area contributed by atoms with Crippen LogP contribution in [0.3, 0.4) is 0 Å². The van der Waals surface area contributed by atoms with Crippen molar-refractivity contribution in [2.75, 3.05) is 14.2 Å². The van der Waals surface area contributed by atoms with Crippen molar-refractivity contribution in [1.82, 2.24) is 4.72 Å². The Labute approximate surface area is 120 Å². The van der Waals surface area contributed by atoms with E-state index in [-0.39, 0.29) is 12.1 Å². The first-order valence-corrected chi connectivity index (χ1v) is 8.66. The number of ether oxygens (including phenoxy) is 2. The molecule has 0 amide bonds. The molecule has 0 aromatic carbocycles. The average molecular weight is 305 g/mol. The van der Waals surface area contributed by atoms with E-state index in [0.29, 0.717) is 12.8 Å². The summed E-state index contributed by atoms with van der Waals surface area (Å²) in [5.41, 5.74) is 0. The third-order valence-corrected chi connectivity index (χ3v) is 6.42. The summed E-state index contributed by atoms with van der Waals surface area (Å²) in [5.74, 6) is -0.965. The third kappa shape index (κ3) is 3.15. The largest absolute Gasteiger partial charge is 0.469 e. The van der Waals surface area contributed by atoms with E-state index in [0.717, 1.165) is 25.7 Å². The lowest BCUT2D eigenvalue weighted by Crippen LogP contribution is -2.47. The standard InChI is InChI=1S/C13H23NO5S/c1-18-11-7-4-6-10(11)14-20(16,17)12-8-3-5-9(12)13(15)19-2/h9-12,14H,3-8H2,1-2H3. The van der Waals surface area contributed by atoms with Crippen molar-refractivity contribution in [3.05, 3.63) is 0 Å². The summed E-state index contributed by atoms with van der Waals surface area (Å²) in [6, 6.07) is -0.177. The summed E-state index contributed by atoms with van der Waals surface area (Å²) in [6.07, 6.45) is 4.38. The topological polar surface area (TPSA) is 81.7 Å². The summed E-state index contributed by atoms with van der Waals surface area (Å²) in [6.45, 7) is 0. The van der Waals surface area contributed by atoms with E-state index in [1.54, 1.807) is 7.11 Å². The second-order valence-corrected chi connectivity index (χ2v) is 7.50. The second kappa shape index (κ2) is 6.41. The zero-order valence-corrected chi connectivity index (χ0v) is 12.8. The molecular formula is C13H23NO5S. The van der Waals surface area contributed by atoms with Crippen LogP contribution in [0, 0.1) is 5.92 Å². The normalized spacial score (nSPS) is 34.3. The molecule has 0 radical (unpaired) electrons. The minimum atomic E-state index is -3.52. The molecule has 4 atom stereocenters. The lowest BCUT2D eigenvalue weighted by molar-refractivity contribution is -0.145. The highest BCUT2D eigenvalue weighted by molar-refractivity contribution is 7.90. The van der Waals surface area contributed by atoms with Crippen molar-refractivity contribution < 1.29 is 22.7 Å². The average Bonchev–Trinajstić information content (AvgIpc) is 3.05. The van der Waals surface area contributed by atoms with Gasteiger partial charge in [0.25, 0.3) is 0 Å². The molecule has 1 N–H and O–H groups in total. The number of sulfonamides is 1. The Bertz CT molecular complexity index is 450. The molecule has 2 aliphatic rings. The maximum Gasteiger partial charge on any atom is 0.310 e. The van der Waals surface area contributed by atoms with Crippen LogP contribution < -0.4 is 4.72 Å². The highest BCUT2D eigenvalue weighted by Crippen LogP contribution is 2.33. The van der Waals surface area contributed by atoms with Crippen LogP contribution in [0.5, 0.6) is 0 Å². The van der Waals surface area contributed by atoms with E-state index < -0.39 is 27.2 Å². The number of hydrogen-bond donors (Lipinski definition) is 1. The van der Waals surface area contributed by atoms with Gasteiger partial charge in [-0.3, -0.25) is 4.79 Å². The van der Waals surface area contributed by atoms with Crippen LogP contribution in [0.15, 0.2) is 0 Å². The van der Waals surface area contributed by atoms with E-state index in [1.165, 1.54) is 7.11 Å². The fraction of sp³-hybridized carbons (Fsp3) is 0.923. The Morgan fingerprint density at radius 3 is 2.45 bits per heavy atom. The van der Waals surface area contributed by atoms with Gasteiger partial charge in [0.05, 0.1) is 24.4 Å². The molecule has 0 bridgehead atoms. The monoisotopic (exact) mass is 305 g/mol. The van der Waals surface area contributed by atoms with E-state index >= 15 is 0 Å². The van der Waals surface area contributed by atoms with Crippen LogP contribution in [0.4, 0.5) is 0 Å². The number of nitrogens with one attached hydrogen (secondary N) is 1. The molecule has 0 aromatic heterocycles. The first-order chi connectivity index (χ1) is 9.49. The Morgan fingerprint density at radius 1 is 1.10 bits per heavy atom. The van der Waals surface area contributed by atoms with Gasteiger partial charge in [0.2, 0.25) is 10.0 Å². The molecule has 0 aromatic rings. The molecule has 0 heterocycles. The zero-order valence-electron chi connectivity index (χ0n) is 12.0. The molecule has 2 saturated carbocycles. The number of carbonyl (C=O) groups excluding carboxylic acids is 1. The van der Waals surface area contributed by atoms with E-state index in [4.69, 9.17) is 9.47 Å². The Morgan fingerprint density at radius 2 is 1.80 bits per heavy atom. The van der Waals surface area contributed by atoms with Crippen molar-refractivity contribution in [3.63, 3.8) is 0 Å². The maximum absolute atomic E-state index is 12.5. The van der Waals surface area contributed by atoms with Gasteiger partial charge in [0.1, 0.15) is 0 Å². The van der Waals surface area contributed by atoms with Crippen molar-refractivity contribution in [1.29, 1.82) is 0 Å². The van der Waals surface area contributed by atoms with Crippen molar-refractivity contribution in [2.24, 2.45) is 5.92 Å². The molecule has 4 unspecified atom stereocenters. The molecule has 7 heteroatoms. The van der Waals surface area contributed by atoms with Crippen LogP contribution >= 0.6 is 0 Å². The number of esters is 1. The molecule has 2 aliphatic carbocycles. The second-order valence-electron chi connectivity index (χ2n) is 5.57. The van der Waals surface area contributed by atoms with Crippen molar-refractivity contribution in [2.45, 2.75) is 55.9 Å². The Hall–Kier alpha value is -0.660. The van der Waals surface area contributed by atoms with Crippen molar-refractivity contribution >= 4 is 16.0 Å². The van der Waals surface area contributed by atoms with Crippen molar-refractivity contribution in [3.8, 4) is 0 Å². The van der Waals surface area contributed by atoms with Gasteiger partial charge in [0, 0.05) is 13.2 Å². The highest BCUT2D eigenvalue weighted by atomic mass is 32.2. The van der Waals surface area contributed by atoms with Gasteiger partial charge >= 0.3 is 5.97 Å². The van der Waals surface area contributed by atoms with Crippen LogP contribution in [0.2, 0.25) is 0 Å². The van der Waals surface area contributed by atoms with Crippen LogP contribution in [-0.4, -0.2) is 46.0 Å². The summed E-state index contributed by atoms with van der Waals surface area (Å²) in [7, 11) is -0.619. The summed E-state index contributed by atoms with van der Waals surface area (Å²) >= 11 is 0. The summed E-state index contributed by atoms with van der Waals surface area (Å²) in [4.78, 5) is 11.7. The molecular weight excluding hydrogens is 282 g/mol. The lowest BCUT2D eigenvalue weighted by atomic mass is 10.1. The minimum absolute atomic E-state index is 0.0669. The third-order valence-electron chi connectivity index (χ3n) is 4.43. The molecule has 20 heavy (non-hydrogen) atoms. The smallest absolute Gasteiger partial charge is 0.310 e. The highest BCUT2D eigenvalue weighted by Gasteiger charge is 2.44. The summed E-state index contributed by atoms with van der Waals surface area (Å²) < 4.78 is 37.8. The van der Waals surface area contributed by atoms with Gasteiger partial charge in [-0.1, -0.05) is 6.42 Å². The van der Waals surface area contributed by atoms with Gasteiger partial charge in [-0.15, -0.1) is 0 Å². The van der Waals surface area contributed by atoms with Gasteiger partial charge in [-0.2, -0.15) is 0 Å². The molecule has 116 valence electrons. The number of methoxy groups -OCH3 is 2. The predicted octanol–water partition coefficient (Wildman–Crippen LogP) is 0.815. The van der Waals surface area contributed by atoms with Gasteiger partial charge in [-0.05, 0) is 32.1 Å².